The Kier molecular flexibility index (Phi) is 5.61. The van der Waals surface area contributed by atoms with E-state index < -0.39 is 46.6 Å². The number of nitro groups is 1. The first kappa shape index (κ1) is 18.3. The number of carbonyl (C=O) groups is 2. The predicted octanol–water partition coefficient (Wildman–Crippen LogP) is 2.77. The largest absolute Gasteiger partial charge is 0.481 e. The van der Waals surface area contributed by atoms with Gasteiger partial charge in [-0.05, 0) is 26.8 Å². The molecule has 0 heterocycles. The molecule has 0 aromatic heterocycles. The minimum atomic E-state index is -1.31. The average molecular weight is 328 g/mol. The molecular weight excluding hydrogens is 311 g/mol. The second kappa shape index (κ2) is 7.03. The molecule has 126 valence electrons. The number of halogens is 1. The molecule has 0 bridgehead atoms. The standard InChI is InChI=1S/C14H17FN2O6/c1-14(2,3)23-13(20)16-11(7-12(18)19)9-6-8(17(21)22)4-5-10(9)15/h4-6,11H,7H2,1-3H3,(H,16,20)(H,18,19). The van der Waals surface area contributed by atoms with Crippen LogP contribution in [0.15, 0.2) is 18.2 Å². The summed E-state index contributed by atoms with van der Waals surface area (Å²) in [5, 5.41) is 21.9. The molecule has 1 atom stereocenters. The van der Waals surface area contributed by atoms with Crippen LogP contribution in [0.25, 0.3) is 0 Å². The van der Waals surface area contributed by atoms with Crippen molar-refractivity contribution in [1.29, 1.82) is 0 Å². The van der Waals surface area contributed by atoms with Crippen molar-refractivity contribution < 1.29 is 28.7 Å². The number of non-ortho nitro benzene ring substituents is 1. The molecule has 2 N–H and O–H groups in total. The molecule has 0 fully saturated rings. The van der Waals surface area contributed by atoms with Crippen LogP contribution in [0.3, 0.4) is 0 Å². The third-order valence-electron chi connectivity index (χ3n) is 2.64. The zero-order valence-corrected chi connectivity index (χ0v) is 12.8. The van der Waals surface area contributed by atoms with Gasteiger partial charge in [0.05, 0.1) is 17.4 Å². The van der Waals surface area contributed by atoms with Crippen molar-refractivity contribution in [1.82, 2.24) is 5.32 Å². The lowest BCUT2D eigenvalue weighted by molar-refractivity contribution is -0.385. The second-order valence-electron chi connectivity index (χ2n) is 5.76. The third-order valence-corrected chi connectivity index (χ3v) is 2.64. The van der Waals surface area contributed by atoms with E-state index in [1.165, 1.54) is 0 Å². The number of carbonyl (C=O) groups excluding carboxylic acids is 1. The van der Waals surface area contributed by atoms with Crippen LogP contribution >= 0.6 is 0 Å². The Morgan fingerprint density at radius 1 is 1.43 bits per heavy atom. The number of nitrogens with one attached hydrogen (secondary N) is 1. The van der Waals surface area contributed by atoms with Crippen LogP contribution in [0.4, 0.5) is 14.9 Å². The number of ether oxygens (including phenoxy) is 1. The number of alkyl carbamates (subject to hydrolysis) is 1. The quantitative estimate of drug-likeness (QED) is 0.633. The van der Waals surface area contributed by atoms with Gasteiger partial charge < -0.3 is 15.2 Å². The van der Waals surface area contributed by atoms with Crippen LogP contribution in [-0.4, -0.2) is 27.7 Å². The number of benzene rings is 1. The number of carboxylic acid groups (broad SMARTS) is 1. The lowest BCUT2D eigenvalue weighted by atomic mass is 10.0. The molecule has 0 spiro atoms. The molecule has 0 aliphatic heterocycles. The molecule has 0 radical (unpaired) electrons. The van der Waals surface area contributed by atoms with Gasteiger partial charge in [-0.2, -0.15) is 0 Å². The van der Waals surface area contributed by atoms with Gasteiger partial charge in [0.2, 0.25) is 0 Å². The van der Waals surface area contributed by atoms with Gasteiger partial charge in [0.25, 0.3) is 5.69 Å². The molecule has 23 heavy (non-hydrogen) atoms. The molecular formula is C14H17FN2O6. The number of hydrogen-bond donors (Lipinski definition) is 2. The maximum absolute atomic E-state index is 13.9. The van der Waals surface area contributed by atoms with E-state index in [2.05, 4.69) is 5.32 Å². The van der Waals surface area contributed by atoms with Crippen LogP contribution in [0.1, 0.15) is 38.8 Å². The molecule has 1 unspecified atom stereocenters. The Labute approximate surface area is 131 Å². The lowest BCUT2D eigenvalue weighted by Gasteiger charge is -2.23. The van der Waals surface area contributed by atoms with E-state index in [9.17, 15) is 24.1 Å². The summed E-state index contributed by atoms with van der Waals surface area (Å²) in [5.74, 6) is -2.17. The number of carboxylic acids is 1. The summed E-state index contributed by atoms with van der Waals surface area (Å²) >= 11 is 0. The Bertz CT molecular complexity index is 626. The van der Waals surface area contributed by atoms with Crippen molar-refractivity contribution in [3.8, 4) is 0 Å². The van der Waals surface area contributed by atoms with Crippen LogP contribution in [0.5, 0.6) is 0 Å². The first-order chi connectivity index (χ1) is 10.5. The van der Waals surface area contributed by atoms with Crippen molar-refractivity contribution in [3.05, 3.63) is 39.7 Å². The van der Waals surface area contributed by atoms with E-state index in [0.717, 1.165) is 18.2 Å². The highest BCUT2D eigenvalue weighted by Gasteiger charge is 2.26. The molecule has 1 amide bonds. The second-order valence-corrected chi connectivity index (χ2v) is 5.76. The SMILES string of the molecule is CC(C)(C)OC(=O)NC(CC(=O)O)c1cc([N+](=O)[O-])ccc1F. The van der Waals surface area contributed by atoms with Gasteiger partial charge in [-0.25, -0.2) is 9.18 Å². The highest BCUT2D eigenvalue weighted by molar-refractivity contribution is 5.72. The van der Waals surface area contributed by atoms with Crippen LogP contribution in [0, 0.1) is 15.9 Å². The van der Waals surface area contributed by atoms with Gasteiger partial charge in [0.15, 0.2) is 0 Å². The molecule has 0 aliphatic rings. The van der Waals surface area contributed by atoms with Crippen molar-refractivity contribution in [2.45, 2.75) is 38.8 Å². The highest BCUT2D eigenvalue weighted by atomic mass is 19.1. The fourth-order valence-electron chi connectivity index (χ4n) is 1.77. The zero-order valence-electron chi connectivity index (χ0n) is 12.8. The maximum atomic E-state index is 13.9. The molecule has 0 saturated carbocycles. The van der Waals surface area contributed by atoms with E-state index >= 15 is 0 Å². The molecule has 1 aromatic carbocycles. The predicted molar refractivity (Wildman–Crippen MR) is 77.4 cm³/mol. The number of rotatable bonds is 5. The molecule has 9 heteroatoms. The minimum absolute atomic E-state index is 0.299. The van der Waals surface area contributed by atoms with Crippen molar-refractivity contribution in [2.24, 2.45) is 0 Å². The first-order valence-electron chi connectivity index (χ1n) is 6.65. The summed E-state index contributed by atoms with van der Waals surface area (Å²) in [6, 6.07) is 1.38. The van der Waals surface area contributed by atoms with E-state index in [1.54, 1.807) is 20.8 Å². The summed E-state index contributed by atoms with van der Waals surface area (Å²) in [4.78, 5) is 32.7. The van der Waals surface area contributed by atoms with Crippen molar-refractivity contribution >= 4 is 17.7 Å². The Morgan fingerprint density at radius 3 is 2.52 bits per heavy atom. The maximum Gasteiger partial charge on any atom is 0.408 e. The topological polar surface area (TPSA) is 119 Å². The van der Waals surface area contributed by atoms with Gasteiger partial charge in [0.1, 0.15) is 11.4 Å². The van der Waals surface area contributed by atoms with Crippen LogP contribution < -0.4 is 5.32 Å². The third kappa shape index (κ3) is 5.89. The van der Waals surface area contributed by atoms with Gasteiger partial charge in [0, 0.05) is 17.7 Å². The average Bonchev–Trinajstić information content (AvgIpc) is 2.35. The molecule has 1 aromatic rings. The minimum Gasteiger partial charge on any atom is -0.481 e. The van der Waals surface area contributed by atoms with Crippen molar-refractivity contribution in [3.63, 3.8) is 0 Å². The molecule has 0 aliphatic carbocycles. The summed E-state index contributed by atoms with van der Waals surface area (Å²) in [7, 11) is 0. The Morgan fingerprint density at radius 2 is 2.04 bits per heavy atom. The van der Waals surface area contributed by atoms with E-state index in [0.29, 0.717) is 0 Å². The van der Waals surface area contributed by atoms with E-state index in [4.69, 9.17) is 9.84 Å². The Hall–Kier alpha value is -2.71. The zero-order chi connectivity index (χ0) is 17.8. The van der Waals surface area contributed by atoms with Gasteiger partial charge in [-0.15, -0.1) is 0 Å². The summed E-state index contributed by atoms with van der Waals surface area (Å²) < 4.78 is 18.9. The summed E-state index contributed by atoms with van der Waals surface area (Å²) in [6.07, 6.45) is -1.60. The Balaban J connectivity index is 3.11. The number of nitrogens with zero attached hydrogens (tertiary/aromatic N) is 1. The van der Waals surface area contributed by atoms with Gasteiger partial charge in [-0.3, -0.25) is 14.9 Å². The number of amides is 1. The highest BCUT2D eigenvalue weighted by Crippen LogP contribution is 2.25. The number of nitro benzene ring substituents is 1. The first-order valence-corrected chi connectivity index (χ1v) is 6.65. The lowest BCUT2D eigenvalue weighted by Crippen LogP contribution is -2.36. The van der Waals surface area contributed by atoms with Crippen LogP contribution in [0.2, 0.25) is 0 Å². The van der Waals surface area contributed by atoms with Gasteiger partial charge in [-0.1, -0.05) is 0 Å². The number of hydrogen-bond acceptors (Lipinski definition) is 5. The molecule has 8 nitrogen and oxygen atoms in total. The smallest absolute Gasteiger partial charge is 0.408 e. The van der Waals surface area contributed by atoms with E-state index in [1.807, 2.05) is 0 Å². The monoisotopic (exact) mass is 328 g/mol. The molecule has 0 saturated heterocycles. The van der Waals surface area contributed by atoms with Crippen molar-refractivity contribution in [2.75, 3.05) is 0 Å². The fraction of sp³-hybridized carbons (Fsp3) is 0.429. The molecule has 1 rings (SSSR count). The summed E-state index contributed by atoms with van der Waals surface area (Å²) in [6.45, 7) is 4.81. The van der Waals surface area contributed by atoms with E-state index in [-0.39, 0.29) is 5.56 Å². The van der Waals surface area contributed by atoms with Crippen LogP contribution in [-0.2, 0) is 9.53 Å². The van der Waals surface area contributed by atoms with Gasteiger partial charge >= 0.3 is 12.1 Å². The summed E-state index contributed by atoms with van der Waals surface area (Å²) in [5.41, 5.74) is -1.55. The fourth-order valence-corrected chi connectivity index (χ4v) is 1.77. The number of aliphatic carboxylic acids is 1. The normalized spacial score (nSPS) is 12.3.